The zero-order valence-corrected chi connectivity index (χ0v) is 14.8. The highest BCUT2D eigenvalue weighted by molar-refractivity contribution is 5.99. The van der Waals surface area contributed by atoms with Crippen LogP contribution in [0.2, 0.25) is 0 Å². The maximum Gasteiger partial charge on any atom is 0.251 e. The van der Waals surface area contributed by atoms with Crippen LogP contribution in [0.3, 0.4) is 0 Å². The molecule has 2 amide bonds. The van der Waals surface area contributed by atoms with E-state index in [0.29, 0.717) is 16.8 Å². The lowest BCUT2D eigenvalue weighted by molar-refractivity contribution is -0.115. The summed E-state index contributed by atoms with van der Waals surface area (Å²) in [5, 5.41) is 9.52. The van der Waals surface area contributed by atoms with Crippen molar-refractivity contribution < 1.29 is 9.59 Å². The quantitative estimate of drug-likeness (QED) is 0.688. The van der Waals surface area contributed by atoms with Crippen LogP contribution in [-0.4, -0.2) is 28.1 Å². The van der Waals surface area contributed by atoms with Crippen molar-refractivity contribution in [1.29, 1.82) is 0 Å². The lowest BCUT2D eigenvalue weighted by atomic mass is 10.2. The summed E-state index contributed by atoms with van der Waals surface area (Å²) in [6, 6.07) is 13.9. The SMILES string of the molecule is C#Cc1cccc(NC(=O)CNC(=O)c2ccc(-n3cc(C)cn3)cc2)c1. The van der Waals surface area contributed by atoms with E-state index in [9.17, 15) is 9.59 Å². The Kier molecular flexibility index (Phi) is 5.33. The molecule has 0 aliphatic rings. The predicted molar refractivity (Wildman–Crippen MR) is 104 cm³/mol. The molecule has 2 N–H and O–H groups in total. The average Bonchev–Trinajstić information content (AvgIpc) is 3.12. The van der Waals surface area contributed by atoms with Gasteiger partial charge < -0.3 is 10.6 Å². The van der Waals surface area contributed by atoms with E-state index in [0.717, 1.165) is 11.3 Å². The van der Waals surface area contributed by atoms with Gasteiger partial charge in [0.2, 0.25) is 5.91 Å². The van der Waals surface area contributed by atoms with Crippen molar-refractivity contribution in [3.63, 3.8) is 0 Å². The monoisotopic (exact) mass is 358 g/mol. The fourth-order valence-electron chi connectivity index (χ4n) is 2.47. The van der Waals surface area contributed by atoms with Crippen molar-refractivity contribution in [3.8, 4) is 18.0 Å². The Hall–Kier alpha value is -3.85. The third kappa shape index (κ3) is 4.61. The number of hydrogen-bond donors (Lipinski definition) is 2. The summed E-state index contributed by atoms with van der Waals surface area (Å²) in [7, 11) is 0. The minimum absolute atomic E-state index is 0.140. The third-order valence-electron chi connectivity index (χ3n) is 3.83. The van der Waals surface area contributed by atoms with Gasteiger partial charge in [0.05, 0.1) is 18.4 Å². The zero-order valence-electron chi connectivity index (χ0n) is 14.8. The van der Waals surface area contributed by atoms with Gasteiger partial charge >= 0.3 is 0 Å². The molecular weight excluding hydrogens is 340 g/mol. The lowest BCUT2D eigenvalue weighted by Gasteiger charge is -2.08. The Labute approximate surface area is 157 Å². The molecule has 3 rings (SSSR count). The van der Waals surface area contributed by atoms with Gasteiger partial charge in [-0.1, -0.05) is 12.0 Å². The molecule has 0 aliphatic heterocycles. The number of terminal acetylenes is 1. The van der Waals surface area contributed by atoms with E-state index in [-0.39, 0.29) is 18.4 Å². The van der Waals surface area contributed by atoms with Crippen LogP contribution in [0.4, 0.5) is 5.69 Å². The van der Waals surface area contributed by atoms with E-state index >= 15 is 0 Å². The molecular formula is C21H18N4O2. The van der Waals surface area contributed by atoms with Crippen molar-refractivity contribution in [2.45, 2.75) is 6.92 Å². The average molecular weight is 358 g/mol. The molecule has 0 unspecified atom stereocenters. The smallest absolute Gasteiger partial charge is 0.251 e. The van der Waals surface area contributed by atoms with E-state index < -0.39 is 0 Å². The summed E-state index contributed by atoms with van der Waals surface area (Å²) in [6.45, 7) is 1.82. The van der Waals surface area contributed by atoms with Gasteiger partial charge in [0, 0.05) is 23.0 Å². The van der Waals surface area contributed by atoms with Crippen LogP contribution in [0.25, 0.3) is 5.69 Å². The van der Waals surface area contributed by atoms with E-state index in [1.165, 1.54) is 0 Å². The molecule has 0 atom stereocenters. The fourth-order valence-corrected chi connectivity index (χ4v) is 2.47. The van der Waals surface area contributed by atoms with Crippen molar-refractivity contribution in [2.75, 3.05) is 11.9 Å². The number of carbonyl (C=O) groups excluding carboxylic acids is 2. The van der Waals surface area contributed by atoms with Crippen LogP contribution in [0, 0.1) is 19.3 Å². The number of nitrogens with zero attached hydrogens (tertiary/aromatic N) is 2. The number of aryl methyl sites for hydroxylation is 1. The number of aromatic nitrogens is 2. The van der Waals surface area contributed by atoms with Crippen molar-refractivity contribution in [1.82, 2.24) is 15.1 Å². The zero-order chi connectivity index (χ0) is 19.2. The highest BCUT2D eigenvalue weighted by atomic mass is 16.2. The first kappa shape index (κ1) is 18.0. The molecule has 0 bridgehead atoms. The normalized spacial score (nSPS) is 10.1. The third-order valence-corrected chi connectivity index (χ3v) is 3.83. The number of amides is 2. The molecule has 6 nitrogen and oxygen atoms in total. The molecule has 1 heterocycles. The second-order valence-electron chi connectivity index (χ2n) is 5.97. The van der Waals surface area contributed by atoms with Gasteiger partial charge in [-0.2, -0.15) is 5.10 Å². The second-order valence-corrected chi connectivity index (χ2v) is 5.97. The first-order chi connectivity index (χ1) is 13.0. The molecule has 0 aliphatic carbocycles. The van der Waals surface area contributed by atoms with Crippen molar-refractivity contribution in [2.24, 2.45) is 0 Å². The minimum atomic E-state index is -0.332. The van der Waals surface area contributed by atoms with E-state index in [1.807, 2.05) is 13.1 Å². The molecule has 0 fully saturated rings. The van der Waals surface area contributed by atoms with E-state index in [2.05, 4.69) is 21.7 Å². The van der Waals surface area contributed by atoms with Crippen LogP contribution in [0.1, 0.15) is 21.5 Å². The van der Waals surface area contributed by atoms with Crippen LogP contribution in [0.15, 0.2) is 60.9 Å². The Morgan fingerprint density at radius 2 is 1.96 bits per heavy atom. The summed E-state index contributed by atoms with van der Waals surface area (Å²) in [5.41, 5.74) is 3.62. The molecule has 27 heavy (non-hydrogen) atoms. The van der Waals surface area contributed by atoms with Gasteiger partial charge in [-0.25, -0.2) is 4.68 Å². The Balaban J connectivity index is 1.55. The summed E-state index contributed by atoms with van der Waals surface area (Å²) >= 11 is 0. The minimum Gasteiger partial charge on any atom is -0.343 e. The Morgan fingerprint density at radius 1 is 1.19 bits per heavy atom. The highest BCUT2D eigenvalue weighted by Crippen LogP contribution is 2.11. The maximum atomic E-state index is 12.2. The first-order valence-electron chi connectivity index (χ1n) is 8.31. The van der Waals surface area contributed by atoms with Gasteiger partial charge in [-0.3, -0.25) is 9.59 Å². The van der Waals surface area contributed by atoms with Crippen LogP contribution in [-0.2, 0) is 4.79 Å². The summed E-state index contributed by atoms with van der Waals surface area (Å²) in [5.74, 6) is 1.84. The highest BCUT2D eigenvalue weighted by Gasteiger charge is 2.09. The largest absolute Gasteiger partial charge is 0.343 e. The number of carbonyl (C=O) groups is 2. The number of nitrogens with one attached hydrogen (secondary N) is 2. The van der Waals surface area contributed by atoms with Crippen LogP contribution >= 0.6 is 0 Å². The Morgan fingerprint density at radius 3 is 2.63 bits per heavy atom. The van der Waals surface area contributed by atoms with E-state index in [1.54, 1.807) is 59.4 Å². The van der Waals surface area contributed by atoms with Crippen molar-refractivity contribution >= 4 is 17.5 Å². The molecule has 0 radical (unpaired) electrons. The number of benzene rings is 2. The standard InChI is InChI=1S/C21H18N4O2/c1-3-16-5-4-6-18(11-16)24-20(26)13-22-21(27)17-7-9-19(10-8-17)25-14-15(2)12-23-25/h1,4-12,14H,13H2,2H3,(H,22,27)(H,24,26). The predicted octanol–water partition coefficient (Wildman–Crippen LogP) is 2.53. The van der Waals surface area contributed by atoms with Crippen LogP contribution < -0.4 is 10.6 Å². The summed E-state index contributed by atoms with van der Waals surface area (Å²) in [6.07, 6.45) is 9.00. The fraction of sp³-hybridized carbons (Fsp3) is 0.0952. The number of rotatable bonds is 5. The van der Waals surface area contributed by atoms with Gasteiger partial charge in [-0.15, -0.1) is 6.42 Å². The summed E-state index contributed by atoms with van der Waals surface area (Å²) < 4.78 is 1.73. The molecule has 2 aromatic carbocycles. The lowest BCUT2D eigenvalue weighted by Crippen LogP contribution is -2.32. The van der Waals surface area contributed by atoms with Crippen LogP contribution in [0.5, 0.6) is 0 Å². The topological polar surface area (TPSA) is 76.0 Å². The number of hydrogen-bond acceptors (Lipinski definition) is 3. The second kappa shape index (κ2) is 8.02. The number of anilines is 1. The molecule has 6 heteroatoms. The maximum absolute atomic E-state index is 12.2. The van der Waals surface area contributed by atoms with Crippen molar-refractivity contribution in [3.05, 3.63) is 77.6 Å². The molecule has 0 saturated carbocycles. The van der Waals surface area contributed by atoms with E-state index in [4.69, 9.17) is 6.42 Å². The molecule has 0 saturated heterocycles. The molecule has 1 aromatic heterocycles. The van der Waals surface area contributed by atoms with Gasteiger partial charge in [0.1, 0.15) is 0 Å². The van der Waals surface area contributed by atoms with Gasteiger partial charge in [0.25, 0.3) is 5.91 Å². The molecule has 134 valence electrons. The first-order valence-corrected chi connectivity index (χ1v) is 8.31. The molecule has 3 aromatic rings. The van der Waals surface area contributed by atoms with Gasteiger partial charge in [-0.05, 0) is 55.0 Å². The Bertz CT molecular complexity index is 1010. The van der Waals surface area contributed by atoms with Gasteiger partial charge in [0.15, 0.2) is 0 Å². The summed E-state index contributed by atoms with van der Waals surface area (Å²) in [4.78, 5) is 24.2. The molecule has 0 spiro atoms.